The van der Waals surface area contributed by atoms with Crippen LogP contribution in [-0.2, 0) is 4.74 Å². The molecule has 4 aromatic rings. The van der Waals surface area contributed by atoms with Gasteiger partial charge in [-0.1, -0.05) is 24.3 Å². The highest BCUT2D eigenvalue weighted by Crippen LogP contribution is 2.28. The van der Waals surface area contributed by atoms with E-state index in [9.17, 15) is 4.79 Å². The first-order valence-corrected chi connectivity index (χ1v) is 7.86. The normalized spacial score (nSPS) is 10.7. The summed E-state index contributed by atoms with van der Waals surface area (Å²) in [5.74, 6) is 0.403. The van der Waals surface area contributed by atoms with Crippen molar-refractivity contribution in [1.82, 2.24) is 19.7 Å². The van der Waals surface area contributed by atoms with Crippen LogP contribution in [0.15, 0.2) is 67.1 Å². The van der Waals surface area contributed by atoms with E-state index in [4.69, 9.17) is 9.47 Å². The molecule has 128 valence electrons. The maximum Gasteiger partial charge on any atom is 0.337 e. The van der Waals surface area contributed by atoms with Gasteiger partial charge in [0.2, 0.25) is 5.88 Å². The topological polar surface area (TPSA) is 79.1 Å². The van der Waals surface area contributed by atoms with Gasteiger partial charge in [-0.15, -0.1) is 0 Å². The molecule has 0 atom stereocenters. The quantitative estimate of drug-likeness (QED) is 0.527. The van der Waals surface area contributed by atoms with E-state index in [2.05, 4.69) is 15.1 Å². The molecule has 7 heteroatoms. The van der Waals surface area contributed by atoms with Crippen molar-refractivity contribution in [2.45, 2.75) is 0 Å². The maximum atomic E-state index is 11.7. The van der Waals surface area contributed by atoms with Crippen LogP contribution in [0.3, 0.4) is 0 Å². The lowest BCUT2D eigenvalue weighted by molar-refractivity contribution is 0.0600. The molecule has 0 N–H and O–H groups in total. The summed E-state index contributed by atoms with van der Waals surface area (Å²) in [6.45, 7) is 0. The summed E-state index contributed by atoms with van der Waals surface area (Å²) >= 11 is 0. The van der Waals surface area contributed by atoms with Gasteiger partial charge in [-0.05, 0) is 30.3 Å². The van der Waals surface area contributed by atoms with Crippen molar-refractivity contribution in [3.63, 3.8) is 0 Å². The number of methoxy groups -OCH3 is 1. The van der Waals surface area contributed by atoms with Gasteiger partial charge in [0.05, 0.1) is 24.6 Å². The minimum absolute atomic E-state index is 0.360. The zero-order valence-corrected chi connectivity index (χ0v) is 13.9. The number of nitrogens with zero attached hydrogens (tertiary/aromatic N) is 4. The molecule has 0 saturated carbocycles. The van der Waals surface area contributed by atoms with Gasteiger partial charge in [0.1, 0.15) is 17.5 Å². The molecule has 0 radical (unpaired) electrons. The number of rotatable bonds is 4. The van der Waals surface area contributed by atoms with Gasteiger partial charge in [0, 0.05) is 0 Å². The third kappa shape index (κ3) is 2.86. The molecule has 0 unspecified atom stereocenters. The van der Waals surface area contributed by atoms with E-state index < -0.39 is 5.97 Å². The van der Waals surface area contributed by atoms with Crippen LogP contribution in [0.2, 0.25) is 0 Å². The number of hydrogen-bond donors (Lipinski definition) is 0. The van der Waals surface area contributed by atoms with Gasteiger partial charge in [0.25, 0.3) is 0 Å². The van der Waals surface area contributed by atoms with Crippen LogP contribution in [0.25, 0.3) is 16.7 Å². The van der Waals surface area contributed by atoms with Gasteiger partial charge < -0.3 is 9.47 Å². The Kier molecular flexibility index (Phi) is 4.03. The second kappa shape index (κ2) is 6.64. The Labute approximate surface area is 148 Å². The Hall–Kier alpha value is -3.74. The van der Waals surface area contributed by atoms with E-state index in [1.165, 1.54) is 13.4 Å². The van der Waals surface area contributed by atoms with Crippen LogP contribution in [0.5, 0.6) is 11.6 Å². The zero-order valence-electron chi connectivity index (χ0n) is 13.9. The summed E-state index contributed by atoms with van der Waals surface area (Å²) in [4.78, 5) is 20.2. The molecule has 2 aromatic heterocycles. The van der Waals surface area contributed by atoms with Crippen LogP contribution in [-0.4, -0.2) is 32.8 Å². The number of benzene rings is 2. The Morgan fingerprint density at radius 1 is 1.04 bits per heavy atom. The van der Waals surface area contributed by atoms with E-state index in [-0.39, 0.29) is 0 Å². The molecule has 0 aliphatic heterocycles. The summed E-state index contributed by atoms with van der Waals surface area (Å²) in [5, 5.41) is 5.05. The van der Waals surface area contributed by atoms with E-state index in [0.29, 0.717) is 28.2 Å². The summed E-state index contributed by atoms with van der Waals surface area (Å²) in [5.41, 5.74) is 1.92. The molecule has 4 rings (SSSR count). The number of carbonyl (C=O) groups excluding carboxylic acids is 1. The highest BCUT2D eigenvalue weighted by molar-refractivity contribution is 5.89. The van der Waals surface area contributed by atoms with Crippen molar-refractivity contribution < 1.29 is 14.3 Å². The molecule has 7 nitrogen and oxygen atoms in total. The third-order valence-corrected chi connectivity index (χ3v) is 3.80. The van der Waals surface area contributed by atoms with E-state index in [1.807, 2.05) is 30.3 Å². The van der Waals surface area contributed by atoms with Gasteiger partial charge in [-0.25, -0.2) is 19.4 Å². The Bertz CT molecular complexity index is 1080. The number of esters is 1. The third-order valence-electron chi connectivity index (χ3n) is 3.80. The van der Waals surface area contributed by atoms with Gasteiger partial charge in [0.15, 0.2) is 5.65 Å². The molecule has 0 fully saturated rings. The molecule has 0 spiro atoms. The van der Waals surface area contributed by atoms with E-state index in [1.54, 1.807) is 35.1 Å². The molecular weight excluding hydrogens is 332 g/mol. The lowest BCUT2D eigenvalue weighted by Gasteiger charge is -2.07. The average Bonchev–Trinajstić information content (AvgIpc) is 3.13. The number of ether oxygens (including phenoxy) is 2. The van der Waals surface area contributed by atoms with Crippen molar-refractivity contribution in [2.75, 3.05) is 7.11 Å². The van der Waals surface area contributed by atoms with Crippen LogP contribution >= 0.6 is 0 Å². The van der Waals surface area contributed by atoms with Gasteiger partial charge >= 0.3 is 5.97 Å². The number of fused-ring (bicyclic) bond motifs is 1. The molecule has 0 bridgehead atoms. The Morgan fingerprint density at radius 3 is 2.69 bits per heavy atom. The maximum absolute atomic E-state index is 11.7. The van der Waals surface area contributed by atoms with Crippen molar-refractivity contribution >= 4 is 17.0 Å². The number of aromatic nitrogens is 4. The highest BCUT2D eigenvalue weighted by Gasteiger charge is 2.13. The Balaban J connectivity index is 1.72. The fourth-order valence-corrected chi connectivity index (χ4v) is 2.58. The largest absolute Gasteiger partial charge is 0.465 e. The lowest BCUT2D eigenvalue weighted by atomic mass is 10.2. The Morgan fingerprint density at radius 2 is 1.88 bits per heavy atom. The first-order chi connectivity index (χ1) is 12.8. The fraction of sp³-hybridized carbons (Fsp3) is 0.0526. The molecule has 0 aliphatic rings. The van der Waals surface area contributed by atoms with Gasteiger partial charge in [-0.3, -0.25) is 0 Å². The SMILES string of the molecule is COC(=O)c1cccc(Oc2ncnc3c2cnn3-c2ccccc2)c1. The first-order valence-electron chi connectivity index (χ1n) is 7.86. The standard InChI is InChI=1S/C19H14N4O3/c1-25-19(24)13-6-5-9-15(10-13)26-18-16-11-22-23(17(16)20-12-21-18)14-7-3-2-4-8-14/h2-12H,1H3. The summed E-state index contributed by atoms with van der Waals surface area (Å²) in [6, 6.07) is 16.4. The van der Waals surface area contributed by atoms with Crippen molar-refractivity contribution in [2.24, 2.45) is 0 Å². The monoisotopic (exact) mass is 346 g/mol. The van der Waals surface area contributed by atoms with Crippen LogP contribution in [0.1, 0.15) is 10.4 Å². The van der Waals surface area contributed by atoms with Crippen LogP contribution < -0.4 is 4.74 Å². The van der Waals surface area contributed by atoms with Crippen molar-refractivity contribution in [3.05, 3.63) is 72.7 Å². The fourth-order valence-electron chi connectivity index (χ4n) is 2.58. The zero-order chi connectivity index (χ0) is 17.9. The summed E-state index contributed by atoms with van der Waals surface area (Å²) < 4.78 is 12.3. The smallest absolute Gasteiger partial charge is 0.337 e. The summed E-state index contributed by atoms with van der Waals surface area (Å²) in [7, 11) is 1.34. The predicted octanol–water partition coefficient (Wildman–Crippen LogP) is 3.39. The van der Waals surface area contributed by atoms with E-state index >= 15 is 0 Å². The average molecular weight is 346 g/mol. The molecular formula is C19H14N4O3. The van der Waals surface area contributed by atoms with E-state index in [0.717, 1.165) is 5.69 Å². The molecule has 2 aromatic carbocycles. The molecule has 2 heterocycles. The van der Waals surface area contributed by atoms with Crippen LogP contribution in [0, 0.1) is 0 Å². The number of para-hydroxylation sites is 1. The first kappa shape index (κ1) is 15.8. The van der Waals surface area contributed by atoms with Gasteiger partial charge in [-0.2, -0.15) is 5.10 Å². The lowest BCUT2D eigenvalue weighted by Crippen LogP contribution is -2.01. The number of hydrogen-bond acceptors (Lipinski definition) is 6. The second-order valence-electron chi connectivity index (χ2n) is 5.43. The summed E-state index contributed by atoms with van der Waals surface area (Å²) in [6.07, 6.45) is 3.07. The molecule has 0 aliphatic carbocycles. The predicted molar refractivity (Wildman–Crippen MR) is 94.5 cm³/mol. The molecule has 26 heavy (non-hydrogen) atoms. The second-order valence-corrected chi connectivity index (χ2v) is 5.43. The van der Waals surface area contributed by atoms with Crippen LogP contribution in [0.4, 0.5) is 0 Å². The van der Waals surface area contributed by atoms with Crippen molar-refractivity contribution in [3.8, 4) is 17.3 Å². The minimum Gasteiger partial charge on any atom is -0.465 e. The minimum atomic E-state index is -0.430. The molecule has 0 amide bonds. The molecule has 0 saturated heterocycles. The number of carbonyl (C=O) groups is 1. The van der Waals surface area contributed by atoms with Crippen molar-refractivity contribution in [1.29, 1.82) is 0 Å². The highest BCUT2D eigenvalue weighted by atomic mass is 16.5.